The lowest BCUT2D eigenvalue weighted by molar-refractivity contribution is 0.485. The molecular formula is C12H12BrFN2. The fourth-order valence-corrected chi connectivity index (χ4v) is 2.50. The standard InChI is InChI=1S/C12H12BrFN2/c1-8-3-11(13)4-9(2)12(8)16-7-10(5-14)6-15-16/h3-4,6-7H,5H2,1-2H3. The maximum Gasteiger partial charge on any atom is 0.118 e. The van der Waals surface area contributed by atoms with Crippen molar-refractivity contribution in [2.45, 2.75) is 20.5 Å². The molecule has 2 rings (SSSR count). The molecule has 0 saturated carbocycles. The highest BCUT2D eigenvalue weighted by Crippen LogP contribution is 2.23. The second-order valence-corrected chi connectivity index (χ2v) is 4.73. The largest absolute Gasteiger partial charge is 0.246 e. The number of nitrogens with zero attached hydrogens (tertiary/aromatic N) is 2. The van der Waals surface area contributed by atoms with Gasteiger partial charge < -0.3 is 0 Å². The Morgan fingerprint density at radius 2 is 1.94 bits per heavy atom. The number of hydrogen-bond acceptors (Lipinski definition) is 1. The van der Waals surface area contributed by atoms with Crippen LogP contribution in [0.1, 0.15) is 16.7 Å². The van der Waals surface area contributed by atoms with E-state index in [1.165, 1.54) is 0 Å². The lowest BCUT2D eigenvalue weighted by Gasteiger charge is -2.10. The zero-order chi connectivity index (χ0) is 11.7. The number of aryl methyl sites for hydroxylation is 2. The highest BCUT2D eigenvalue weighted by Gasteiger charge is 2.08. The van der Waals surface area contributed by atoms with Crippen LogP contribution < -0.4 is 0 Å². The first-order valence-electron chi connectivity index (χ1n) is 4.98. The van der Waals surface area contributed by atoms with Crippen molar-refractivity contribution in [1.29, 1.82) is 0 Å². The minimum absolute atomic E-state index is 0.478. The van der Waals surface area contributed by atoms with E-state index in [0.29, 0.717) is 5.56 Å². The normalized spacial score (nSPS) is 10.8. The lowest BCUT2D eigenvalue weighted by Crippen LogP contribution is -2.00. The van der Waals surface area contributed by atoms with E-state index in [9.17, 15) is 4.39 Å². The number of hydrogen-bond donors (Lipinski definition) is 0. The maximum atomic E-state index is 12.5. The molecule has 0 aliphatic rings. The molecule has 0 unspecified atom stereocenters. The molecule has 0 saturated heterocycles. The average Bonchev–Trinajstić information content (AvgIpc) is 2.64. The smallest absolute Gasteiger partial charge is 0.118 e. The Labute approximate surface area is 102 Å². The molecule has 0 fully saturated rings. The van der Waals surface area contributed by atoms with E-state index in [2.05, 4.69) is 21.0 Å². The zero-order valence-corrected chi connectivity index (χ0v) is 10.8. The zero-order valence-electron chi connectivity index (χ0n) is 9.17. The molecule has 0 spiro atoms. The Balaban J connectivity index is 2.55. The van der Waals surface area contributed by atoms with E-state index in [4.69, 9.17) is 0 Å². The van der Waals surface area contributed by atoms with E-state index >= 15 is 0 Å². The van der Waals surface area contributed by atoms with Gasteiger partial charge >= 0.3 is 0 Å². The van der Waals surface area contributed by atoms with Gasteiger partial charge in [0.1, 0.15) is 6.67 Å². The fourth-order valence-electron chi connectivity index (χ4n) is 1.82. The summed E-state index contributed by atoms with van der Waals surface area (Å²) in [6, 6.07) is 4.05. The molecule has 2 aromatic rings. The van der Waals surface area contributed by atoms with Gasteiger partial charge in [-0.05, 0) is 37.1 Å². The van der Waals surface area contributed by atoms with Gasteiger partial charge in [0.25, 0.3) is 0 Å². The van der Waals surface area contributed by atoms with Crippen LogP contribution in [0.3, 0.4) is 0 Å². The molecule has 1 aromatic heterocycles. The van der Waals surface area contributed by atoms with Crippen molar-refractivity contribution < 1.29 is 4.39 Å². The van der Waals surface area contributed by atoms with Crippen molar-refractivity contribution in [3.63, 3.8) is 0 Å². The van der Waals surface area contributed by atoms with Crippen LogP contribution in [0.4, 0.5) is 4.39 Å². The fraction of sp³-hybridized carbons (Fsp3) is 0.250. The third-order valence-corrected chi connectivity index (χ3v) is 2.93. The first kappa shape index (κ1) is 11.3. The molecule has 0 N–H and O–H groups in total. The summed E-state index contributed by atoms with van der Waals surface area (Å²) >= 11 is 3.45. The van der Waals surface area contributed by atoms with Crippen LogP contribution in [-0.4, -0.2) is 9.78 Å². The molecule has 4 heteroatoms. The summed E-state index contributed by atoms with van der Waals surface area (Å²) in [4.78, 5) is 0. The van der Waals surface area contributed by atoms with E-state index < -0.39 is 6.67 Å². The number of alkyl halides is 1. The Morgan fingerprint density at radius 3 is 2.44 bits per heavy atom. The molecule has 1 aromatic carbocycles. The van der Waals surface area contributed by atoms with E-state index in [0.717, 1.165) is 21.3 Å². The number of rotatable bonds is 2. The summed E-state index contributed by atoms with van der Waals surface area (Å²) in [5.41, 5.74) is 3.84. The lowest BCUT2D eigenvalue weighted by atomic mass is 10.1. The number of aromatic nitrogens is 2. The monoisotopic (exact) mass is 282 g/mol. The van der Waals surface area contributed by atoms with E-state index in [1.54, 1.807) is 17.1 Å². The predicted molar refractivity (Wildman–Crippen MR) is 65.6 cm³/mol. The number of benzene rings is 1. The molecule has 84 valence electrons. The summed E-state index contributed by atoms with van der Waals surface area (Å²) in [6.45, 7) is 3.56. The van der Waals surface area contributed by atoms with E-state index in [-0.39, 0.29) is 0 Å². The van der Waals surface area contributed by atoms with Crippen molar-refractivity contribution in [1.82, 2.24) is 9.78 Å². The molecular weight excluding hydrogens is 271 g/mol. The summed E-state index contributed by atoms with van der Waals surface area (Å²) in [6.07, 6.45) is 3.28. The summed E-state index contributed by atoms with van der Waals surface area (Å²) < 4.78 is 15.2. The Morgan fingerprint density at radius 1 is 1.31 bits per heavy atom. The van der Waals surface area contributed by atoms with Gasteiger partial charge in [-0.3, -0.25) is 0 Å². The van der Waals surface area contributed by atoms with Crippen LogP contribution in [0.25, 0.3) is 5.69 Å². The van der Waals surface area contributed by atoms with Crippen molar-refractivity contribution >= 4 is 15.9 Å². The predicted octanol–water partition coefficient (Wildman–Crippen LogP) is 3.72. The minimum atomic E-state index is -0.478. The first-order chi connectivity index (χ1) is 7.61. The summed E-state index contributed by atoms with van der Waals surface area (Å²) in [5, 5.41) is 4.17. The molecule has 16 heavy (non-hydrogen) atoms. The third kappa shape index (κ3) is 2.02. The van der Waals surface area contributed by atoms with Crippen molar-refractivity contribution in [3.05, 3.63) is 45.7 Å². The van der Waals surface area contributed by atoms with Crippen LogP contribution in [0.2, 0.25) is 0 Å². The maximum absolute atomic E-state index is 12.5. The Bertz CT molecular complexity index is 496. The van der Waals surface area contributed by atoms with Crippen LogP contribution in [0, 0.1) is 13.8 Å². The van der Waals surface area contributed by atoms with Crippen molar-refractivity contribution in [2.24, 2.45) is 0 Å². The van der Waals surface area contributed by atoms with Crippen LogP contribution in [-0.2, 0) is 6.67 Å². The first-order valence-corrected chi connectivity index (χ1v) is 5.77. The second kappa shape index (κ2) is 4.37. The van der Waals surface area contributed by atoms with Crippen LogP contribution >= 0.6 is 15.9 Å². The Kier molecular flexibility index (Phi) is 3.10. The van der Waals surface area contributed by atoms with Crippen LogP contribution in [0.5, 0.6) is 0 Å². The second-order valence-electron chi connectivity index (χ2n) is 3.81. The SMILES string of the molecule is Cc1cc(Br)cc(C)c1-n1cc(CF)cn1. The van der Waals surface area contributed by atoms with Gasteiger partial charge in [-0.1, -0.05) is 15.9 Å². The van der Waals surface area contributed by atoms with Gasteiger partial charge in [0.05, 0.1) is 11.9 Å². The molecule has 0 amide bonds. The molecule has 2 nitrogen and oxygen atoms in total. The highest BCUT2D eigenvalue weighted by atomic mass is 79.9. The third-order valence-electron chi connectivity index (χ3n) is 2.48. The van der Waals surface area contributed by atoms with Gasteiger partial charge in [0, 0.05) is 16.2 Å². The molecule has 0 bridgehead atoms. The molecule has 0 atom stereocenters. The number of halogens is 2. The van der Waals surface area contributed by atoms with Crippen LogP contribution in [0.15, 0.2) is 29.0 Å². The Hall–Kier alpha value is -1.16. The van der Waals surface area contributed by atoms with Crippen molar-refractivity contribution in [3.8, 4) is 5.69 Å². The van der Waals surface area contributed by atoms with Gasteiger partial charge in [-0.2, -0.15) is 5.10 Å². The molecule has 0 aliphatic carbocycles. The minimum Gasteiger partial charge on any atom is -0.246 e. The molecule has 1 heterocycles. The molecule has 0 radical (unpaired) electrons. The summed E-state index contributed by atoms with van der Waals surface area (Å²) in [5.74, 6) is 0. The van der Waals surface area contributed by atoms with Gasteiger partial charge in [-0.15, -0.1) is 0 Å². The van der Waals surface area contributed by atoms with E-state index in [1.807, 2.05) is 26.0 Å². The quantitative estimate of drug-likeness (QED) is 0.821. The van der Waals surface area contributed by atoms with Gasteiger partial charge in [-0.25, -0.2) is 9.07 Å². The topological polar surface area (TPSA) is 17.8 Å². The van der Waals surface area contributed by atoms with Crippen molar-refractivity contribution in [2.75, 3.05) is 0 Å². The van der Waals surface area contributed by atoms with Gasteiger partial charge in [0.15, 0.2) is 0 Å². The summed E-state index contributed by atoms with van der Waals surface area (Å²) in [7, 11) is 0. The molecule has 0 aliphatic heterocycles. The van der Waals surface area contributed by atoms with Gasteiger partial charge in [0.2, 0.25) is 0 Å². The highest BCUT2D eigenvalue weighted by molar-refractivity contribution is 9.10. The average molecular weight is 283 g/mol.